The van der Waals surface area contributed by atoms with Crippen LogP contribution in [0, 0.1) is 6.92 Å². The van der Waals surface area contributed by atoms with Gasteiger partial charge in [-0.2, -0.15) is 0 Å². The first kappa shape index (κ1) is 29.5. The molecule has 3 aromatic rings. The summed E-state index contributed by atoms with van der Waals surface area (Å²) in [5.41, 5.74) is 12.6. The molecule has 3 aromatic carbocycles. The van der Waals surface area contributed by atoms with E-state index in [1.807, 2.05) is 0 Å². The van der Waals surface area contributed by atoms with Crippen molar-refractivity contribution in [3.05, 3.63) is 88.0 Å². The highest BCUT2D eigenvalue weighted by Gasteiger charge is 2.36. The van der Waals surface area contributed by atoms with E-state index in [0.717, 1.165) is 69.0 Å². The molecule has 1 amide bonds. The molecule has 1 fully saturated rings. The average molecular weight is 545 g/mol. The SMILES string of the molecule is CCCCOc1ccc([C@H]2CC(c3ccc4c(c3C)OCO4)CN2Cc2c(CC)cccc2CC)cc1.NC=O. The summed E-state index contributed by atoms with van der Waals surface area (Å²) in [6, 6.07) is 20.4. The summed E-state index contributed by atoms with van der Waals surface area (Å²) < 4.78 is 17.4. The van der Waals surface area contributed by atoms with Crippen LogP contribution >= 0.6 is 0 Å². The van der Waals surface area contributed by atoms with Gasteiger partial charge in [-0.05, 0) is 90.1 Å². The molecular formula is C34H44N2O4. The smallest absolute Gasteiger partial charge is 0.231 e. The van der Waals surface area contributed by atoms with E-state index in [2.05, 4.69) is 92.9 Å². The van der Waals surface area contributed by atoms with Crippen LogP contribution < -0.4 is 19.9 Å². The number of unbranched alkanes of at least 4 members (excludes halogenated alkanes) is 1. The van der Waals surface area contributed by atoms with Gasteiger partial charge in [-0.3, -0.25) is 9.69 Å². The fourth-order valence-corrected chi connectivity index (χ4v) is 6.10. The molecule has 0 aliphatic carbocycles. The second-order valence-electron chi connectivity index (χ2n) is 10.6. The highest BCUT2D eigenvalue weighted by Crippen LogP contribution is 2.46. The number of hydrogen-bond acceptors (Lipinski definition) is 5. The first-order valence-electron chi connectivity index (χ1n) is 14.6. The third-order valence-corrected chi connectivity index (χ3v) is 8.20. The molecule has 2 aliphatic heterocycles. The number of nitrogens with two attached hydrogens (primary N) is 1. The molecule has 0 saturated carbocycles. The predicted molar refractivity (Wildman–Crippen MR) is 160 cm³/mol. The Kier molecular flexibility index (Phi) is 10.5. The standard InChI is InChI=1S/C33H41NO3.CH3NO/c1-5-8-18-35-28-14-12-26(13-15-28)31-19-27(29-16-17-32-33(23(29)4)37-22-36-32)20-34(31)21-30-24(6-2)10-9-11-25(30)7-3;2-1-3/h9-17,27,31H,5-8,18-22H2,1-4H3;1H,(H2,2,3)/t27?,31-;/m1./s1. The van der Waals surface area contributed by atoms with Crippen LogP contribution in [0.2, 0.25) is 0 Å². The quantitative estimate of drug-likeness (QED) is 0.223. The van der Waals surface area contributed by atoms with Crippen LogP contribution in [-0.2, 0) is 24.2 Å². The van der Waals surface area contributed by atoms with Crippen molar-refractivity contribution in [2.75, 3.05) is 19.9 Å². The molecule has 0 aromatic heterocycles. The number of likely N-dealkylation sites (tertiary alicyclic amines) is 1. The van der Waals surface area contributed by atoms with Gasteiger partial charge in [-0.25, -0.2) is 0 Å². The minimum atomic E-state index is 0.250. The summed E-state index contributed by atoms with van der Waals surface area (Å²) in [6.45, 7) is 12.0. The summed E-state index contributed by atoms with van der Waals surface area (Å²) in [4.78, 5) is 11.3. The van der Waals surface area contributed by atoms with E-state index in [1.54, 1.807) is 0 Å². The van der Waals surface area contributed by atoms with Gasteiger partial charge in [0.15, 0.2) is 11.5 Å². The molecule has 40 heavy (non-hydrogen) atoms. The number of primary amides is 1. The number of amides is 1. The van der Waals surface area contributed by atoms with Crippen LogP contribution in [0.25, 0.3) is 0 Å². The number of benzene rings is 3. The van der Waals surface area contributed by atoms with Gasteiger partial charge in [0.2, 0.25) is 13.2 Å². The number of carbonyl (C=O) groups is 1. The van der Waals surface area contributed by atoms with Crippen LogP contribution in [0.5, 0.6) is 17.2 Å². The number of fused-ring (bicyclic) bond motifs is 1. The molecule has 2 atom stereocenters. The second kappa shape index (κ2) is 14.2. The molecule has 0 spiro atoms. The van der Waals surface area contributed by atoms with Crippen molar-refractivity contribution in [1.82, 2.24) is 4.90 Å². The fraction of sp³-hybridized carbons (Fsp3) is 0.441. The Morgan fingerprint density at radius 2 is 1.70 bits per heavy atom. The molecule has 5 rings (SSSR count). The largest absolute Gasteiger partial charge is 0.494 e. The highest BCUT2D eigenvalue weighted by molar-refractivity contribution is 5.53. The maximum Gasteiger partial charge on any atom is 0.231 e. The zero-order chi connectivity index (χ0) is 28.5. The van der Waals surface area contributed by atoms with E-state index in [9.17, 15) is 0 Å². The number of rotatable bonds is 10. The Balaban J connectivity index is 0.00000118. The molecule has 1 saturated heterocycles. The third kappa shape index (κ3) is 6.61. The molecule has 214 valence electrons. The maximum absolute atomic E-state index is 8.58. The van der Waals surface area contributed by atoms with Crippen LogP contribution in [0.4, 0.5) is 0 Å². The van der Waals surface area contributed by atoms with E-state index < -0.39 is 0 Å². The van der Waals surface area contributed by atoms with Crippen molar-refractivity contribution in [2.45, 2.75) is 78.3 Å². The normalized spacial score (nSPS) is 17.8. The van der Waals surface area contributed by atoms with Gasteiger partial charge in [0.05, 0.1) is 6.61 Å². The molecular weight excluding hydrogens is 500 g/mol. The number of hydrogen-bond donors (Lipinski definition) is 1. The van der Waals surface area contributed by atoms with Gasteiger partial charge in [0.1, 0.15) is 5.75 Å². The zero-order valence-electron chi connectivity index (χ0n) is 24.4. The van der Waals surface area contributed by atoms with Crippen molar-refractivity contribution in [1.29, 1.82) is 0 Å². The minimum Gasteiger partial charge on any atom is -0.494 e. The molecule has 2 N–H and O–H groups in total. The number of nitrogens with zero attached hydrogens (tertiary/aromatic N) is 1. The van der Waals surface area contributed by atoms with Crippen LogP contribution in [-0.4, -0.2) is 31.3 Å². The van der Waals surface area contributed by atoms with Gasteiger partial charge in [-0.1, -0.05) is 63.6 Å². The molecule has 2 aliphatic rings. The third-order valence-electron chi connectivity index (χ3n) is 8.20. The van der Waals surface area contributed by atoms with Gasteiger partial charge in [0, 0.05) is 19.1 Å². The first-order valence-corrected chi connectivity index (χ1v) is 14.6. The lowest BCUT2D eigenvalue weighted by molar-refractivity contribution is -0.106. The Morgan fingerprint density at radius 3 is 2.35 bits per heavy atom. The van der Waals surface area contributed by atoms with Crippen molar-refractivity contribution in [2.24, 2.45) is 5.73 Å². The second-order valence-corrected chi connectivity index (χ2v) is 10.6. The van der Waals surface area contributed by atoms with Crippen molar-refractivity contribution >= 4 is 6.41 Å². The lowest BCUT2D eigenvalue weighted by Crippen LogP contribution is -2.25. The van der Waals surface area contributed by atoms with Gasteiger partial charge in [-0.15, -0.1) is 0 Å². The summed E-state index contributed by atoms with van der Waals surface area (Å²) >= 11 is 0. The molecule has 0 radical (unpaired) electrons. The Labute approximate surface area is 239 Å². The zero-order valence-corrected chi connectivity index (χ0v) is 24.4. The van der Waals surface area contributed by atoms with Crippen LogP contribution in [0.3, 0.4) is 0 Å². The number of carbonyl (C=O) groups excluding carboxylic acids is 1. The Bertz CT molecular complexity index is 1240. The van der Waals surface area contributed by atoms with Gasteiger partial charge < -0.3 is 19.9 Å². The van der Waals surface area contributed by atoms with E-state index >= 15 is 0 Å². The summed E-state index contributed by atoms with van der Waals surface area (Å²) in [5, 5.41) is 0. The number of aryl methyl sites for hydroxylation is 2. The van der Waals surface area contributed by atoms with Gasteiger partial charge >= 0.3 is 0 Å². The summed E-state index contributed by atoms with van der Waals surface area (Å²) in [7, 11) is 0. The number of ether oxygens (including phenoxy) is 3. The van der Waals surface area contributed by atoms with Crippen molar-refractivity contribution in [3.8, 4) is 17.2 Å². The van der Waals surface area contributed by atoms with Crippen LogP contribution in [0.1, 0.15) is 85.4 Å². The molecule has 1 unspecified atom stereocenters. The summed E-state index contributed by atoms with van der Waals surface area (Å²) in [5.74, 6) is 3.20. The minimum absolute atomic E-state index is 0.250. The van der Waals surface area contributed by atoms with E-state index in [1.165, 1.54) is 33.4 Å². The molecule has 0 bridgehead atoms. The highest BCUT2D eigenvalue weighted by atomic mass is 16.7. The maximum atomic E-state index is 8.58. The van der Waals surface area contributed by atoms with E-state index in [4.69, 9.17) is 19.0 Å². The molecule has 6 heteroatoms. The molecule has 6 nitrogen and oxygen atoms in total. The van der Waals surface area contributed by atoms with Gasteiger partial charge in [0.25, 0.3) is 0 Å². The topological polar surface area (TPSA) is 74.0 Å². The van der Waals surface area contributed by atoms with Crippen molar-refractivity contribution in [3.63, 3.8) is 0 Å². The summed E-state index contributed by atoms with van der Waals surface area (Å²) in [6.07, 6.45) is 5.71. The lowest BCUT2D eigenvalue weighted by Gasteiger charge is -2.27. The van der Waals surface area contributed by atoms with Crippen molar-refractivity contribution < 1.29 is 19.0 Å². The van der Waals surface area contributed by atoms with E-state index in [0.29, 0.717) is 18.8 Å². The Morgan fingerprint density at radius 1 is 1.00 bits per heavy atom. The monoisotopic (exact) mass is 544 g/mol. The van der Waals surface area contributed by atoms with Crippen LogP contribution in [0.15, 0.2) is 54.6 Å². The lowest BCUT2D eigenvalue weighted by atomic mass is 9.90. The average Bonchev–Trinajstić information content (AvgIpc) is 3.62. The Hall–Kier alpha value is -3.51. The van der Waals surface area contributed by atoms with E-state index in [-0.39, 0.29) is 6.41 Å². The first-order chi connectivity index (χ1) is 19.5. The molecule has 2 heterocycles. The predicted octanol–water partition coefficient (Wildman–Crippen LogP) is 6.86. The fourth-order valence-electron chi connectivity index (χ4n) is 6.10.